The summed E-state index contributed by atoms with van der Waals surface area (Å²) in [6.07, 6.45) is 1.79. The molecule has 0 atom stereocenters. The minimum absolute atomic E-state index is 0.0644. The first-order valence-corrected chi connectivity index (χ1v) is 7.28. The third-order valence-corrected chi connectivity index (χ3v) is 4.07. The normalized spacial score (nSPS) is 10.7. The van der Waals surface area contributed by atoms with Gasteiger partial charge in [-0.3, -0.25) is 15.1 Å². The Morgan fingerprint density at radius 1 is 1.33 bits per heavy atom. The van der Waals surface area contributed by atoms with Crippen molar-refractivity contribution in [2.75, 3.05) is 0 Å². The van der Waals surface area contributed by atoms with E-state index >= 15 is 0 Å². The fourth-order valence-corrected chi connectivity index (χ4v) is 2.90. The summed E-state index contributed by atoms with van der Waals surface area (Å²) in [6, 6.07) is 8.08. The van der Waals surface area contributed by atoms with E-state index in [1.807, 2.05) is 17.5 Å². The van der Waals surface area contributed by atoms with Crippen LogP contribution in [0.3, 0.4) is 0 Å². The summed E-state index contributed by atoms with van der Waals surface area (Å²) >= 11 is 7.60. The third-order valence-electron chi connectivity index (χ3n) is 2.90. The Morgan fingerprint density at radius 3 is 2.95 bits per heavy atom. The number of pyridine rings is 1. The molecule has 0 aliphatic rings. The molecule has 7 heteroatoms. The predicted molar refractivity (Wildman–Crippen MR) is 82.1 cm³/mol. The van der Waals surface area contributed by atoms with Crippen LogP contribution in [-0.2, 0) is 6.61 Å². The van der Waals surface area contributed by atoms with Crippen molar-refractivity contribution in [2.24, 2.45) is 0 Å². The number of hydrogen-bond acceptors (Lipinski definition) is 5. The molecule has 0 fully saturated rings. The molecule has 0 spiro atoms. The molecule has 0 saturated carbocycles. The largest absolute Gasteiger partial charge is 0.486 e. The second-order valence-electron chi connectivity index (χ2n) is 4.29. The van der Waals surface area contributed by atoms with Gasteiger partial charge >= 0.3 is 0 Å². The lowest BCUT2D eigenvalue weighted by Crippen LogP contribution is -1.98. The molecule has 3 rings (SSSR count). The molecule has 0 unspecified atom stereocenters. The van der Waals surface area contributed by atoms with Gasteiger partial charge in [0, 0.05) is 28.4 Å². The van der Waals surface area contributed by atoms with Gasteiger partial charge in [0.25, 0.3) is 5.69 Å². The van der Waals surface area contributed by atoms with Crippen LogP contribution in [0.1, 0.15) is 5.69 Å². The number of thiophene rings is 1. The first-order chi connectivity index (χ1) is 10.1. The standard InChI is InChI=1S/C14H9ClN2O3S/c15-12-6-11(17(18)19)1-2-13(12)20-8-10-5-14-9(7-16-10)3-4-21-14/h1-7H,8H2. The second-order valence-corrected chi connectivity index (χ2v) is 5.65. The molecule has 0 radical (unpaired) electrons. The van der Waals surface area contributed by atoms with Crippen LogP contribution < -0.4 is 4.74 Å². The van der Waals surface area contributed by atoms with Crippen LogP contribution in [0.4, 0.5) is 5.69 Å². The molecular formula is C14H9ClN2O3S. The highest BCUT2D eigenvalue weighted by Gasteiger charge is 2.10. The van der Waals surface area contributed by atoms with Crippen LogP contribution in [0, 0.1) is 10.1 Å². The lowest BCUT2D eigenvalue weighted by Gasteiger charge is -2.07. The molecule has 5 nitrogen and oxygen atoms in total. The molecular weight excluding hydrogens is 312 g/mol. The van der Waals surface area contributed by atoms with Gasteiger partial charge in [-0.25, -0.2) is 0 Å². The van der Waals surface area contributed by atoms with Gasteiger partial charge < -0.3 is 4.74 Å². The fraction of sp³-hybridized carbons (Fsp3) is 0.0714. The number of nitro groups is 1. The van der Waals surface area contributed by atoms with Gasteiger partial charge in [-0.2, -0.15) is 0 Å². The number of aromatic nitrogens is 1. The average molecular weight is 321 g/mol. The maximum atomic E-state index is 10.6. The number of halogens is 1. The van der Waals surface area contributed by atoms with E-state index in [0.717, 1.165) is 15.8 Å². The van der Waals surface area contributed by atoms with Crippen molar-refractivity contribution in [3.05, 3.63) is 62.7 Å². The highest BCUT2D eigenvalue weighted by Crippen LogP contribution is 2.29. The van der Waals surface area contributed by atoms with Crippen LogP contribution in [0.2, 0.25) is 5.02 Å². The molecule has 0 amide bonds. The molecule has 0 saturated heterocycles. The molecule has 0 aliphatic carbocycles. The fourth-order valence-electron chi connectivity index (χ4n) is 1.85. The molecule has 2 heterocycles. The summed E-state index contributed by atoms with van der Waals surface area (Å²) in [4.78, 5) is 14.4. The summed E-state index contributed by atoms with van der Waals surface area (Å²) in [5.74, 6) is 0.398. The molecule has 0 N–H and O–H groups in total. The van der Waals surface area contributed by atoms with Crippen molar-refractivity contribution in [1.82, 2.24) is 4.98 Å². The van der Waals surface area contributed by atoms with Crippen molar-refractivity contribution in [2.45, 2.75) is 6.61 Å². The minimum atomic E-state index is -0.498. The highest BCUT2D eigenvalue weighted by atomic mass is 35.5. The zero-order chi connectivity index (χ0) is 14.8. The molecule has 21 heavy (non-hydrogen) atoms. The first kappa shape index (κ1) is 13.8. The lowest BCUT2D eigenvalue weighted by molar-refractivity contribution is -0.384. The Bertz CT molecular complexity index is 819. The minimum Gasteiger partial charge on any atom is -0.486 e. The summed E-state index contributed by atoms with van der Waals surface area (Å²) in [6.45, 7) is 0.255. The van der Waals surface area contributed by atoms with E-state index in [9.17, 15) is 10.1 Å². The van der Waals surface area contributed by atoms with E-state index in [4.69, 9.17) is 16.3 Å². The summed E-state index contributed by atoms with van der Waals surface area (Å²) in [7, 11) is 0. The van der Waals surface area contributed by atoms with E-state index in [-0.39, 0.29) is 17.3 Å². The van der Waals surface area contributed by atoms with E-state index in [1.165, 1.54) is 18.2 Å². The predicted octanol–water partition coefficient (Wildman–Crippen LogP) is 4.44. The summed E-state index contributed by atoms with van der Waals surface area (Å²) < 4.78 is 6.71. The monoisotopic (exact) mass is 320 g/mol. The quantitative estimate of drug-likeness (QED) is 0.526. The third kappa shape index (κ3) is 2.96. The summed E-state index contributed by atoms with van der Waals surface area (Å²) in [5.41, 5.74) is 0.713. The average Bonchev–Trinajstić information content (AvgIpc) is 2.93. The van der Waals surface area contributed by atoms with Crippen molar-refractivity contribution in [3.8, 4) is 5.75 Å². The molecule has 1 aromatic carbocycles. The van der Waals surface area contributed by atoms with Gasteiger partial charge in [-0.15, -0.1) is 11.3 Å². The lowest BCUT2D eigenvalue weighted by atomic mass is 10.3. The van der Waals surface area contributed by atoms with Gasteiger partial charge in [0.05, 0.1) is 15.6 Å². The highest BCUT2D eigenvalue weighted by molar-refractivity contribution is 7.17. The van der Waals surface area contributed by atoms with Crippen LogP contribution in [0.25, 0.3) is 10.1 Å². The SMILES string of the molecule is O=[N+]([O-])c1ccc(OCc2cc3sccc3cn2)c(Cl)c1. The number of nitrogens with zero attached hydrogens (tertiary/aromatic N) is 2. The van der Waals surface area contributed by atoms with Crippen molar-refractivity contribution >= 4 is 38.7 Å². The summed E-state index contributed by atoms with van der Waals surface area (Å²) in [5, 5.41) is 13.9. The number of non-ortho nitro benzene ring substituents is 1. The van der Waals surface area contributed by atoms with Gasteiger partial charge in [0.15, 0.2) is 0 Å². The molecule has 106 valence electrons. The van der Waals surface area contributed by atoms with Crippen molar-refractivity contribution < 1.29 is 9.66 Å². The van der Waals surface area contributed by atoms with E-state index < -0.39 is 4.92 Å². The Hall–Kier alpha value is -2.18. The van der Waals surface area contributed by atoms with Crippen molar-refractivity contribution in [3.63, 3.8) is 0 Å². The number of fused-ring (bicyclic) bond motifs is 1. The van der Waals surface area contributed by atoms with Gasteiger partial charge in [-0.1, -0.05) is 11.6 Å². The van der Waals surface area contributed by atoms with Crippen LogP contribution >= 0.6 is 22.9 Å². The van der Waals surface area contributed by atoms with E-state index in [1.54, 1.807) is 17.5 Å². The molecule has 2 aromatic heterocycles. The first-order valence-electron chi connectivity index (χ1n) is 6.02. The number of rotatable bonds is 4. The van der Waals surface area contributed by atoms with Crippen LogP contribution in [0.15, 0.2) is 41.9 Å². The topological polar surface area (TPSA) is 65.3 Å². The van der Waals surface area contributed by atoms with Gasteiger partial charge in [0.2, 0.25) is 0 Å². The van der Waals surface area contributed by atoms with Gasteiger partial charge in [0.1, 0.15) is 12.4 Å². The van der Waals surface area contributed by atoms with Gasteiger partial charge in [-0.05, 0) is 23.6 Å². The second kappa shape index (κ2) is 5.67. The Kier molecular flexibility index (Phi) is 3.72. The van der Waals surface area contributed by atoms with Crippen molar-refractivity contribution in [1.29, 1.82) is 0 Å². The molecule has 0 aliphatic heterocycles. The Balaban J connectivity index is 1.76. The van der Waals surface area contributed by atoms with Crippen LogP contribution in [-0.4, -0.2) is 9.91 Å². The Morgan fingerprint density at radius 2 is 2.19 bits per heavy atom. The number of nitro benzene ring substituents is 1. The Labute approximate surface area is 128 Å². The number of hydrogen-bond donors (Lipinski definition) is 0. The molecule has 3 aromatic rings. The number of benzene rings is 1. The zero-order valence-corrected chi connectivity index (χ0v) is 12.2. The smallest absolute Gasteiger partial charge is 0.271 e. The molecule has 0 bridgehead atoms. The van der Waals surface area contributed by atoms with Crippen LogP contribution in [0.5, 0.6) is 5.75 Å². The maximum absolute atomic E-state index is 10.6. The van der Waals surface area contributed by atoms with E-state index in [2.05, 4.69) is 4.98 Å². The zero-order valence-electron chi connectivity index (χ0n) is 10.7. The number of ether oxygens (including phenoxy) is 1. The maximum Gasteiger partial charge on any atom is 0.271 e. The van der Waals surface area contributed by atoms with E-state index in [0.29, 0.717) is 5.75 Å².